The summed E-state index contributed by atoms with van der Waals surface area (Å²) in [7, 11) is 0. The summed E-state index contributed by atoms with van der Waals surface area (Å²) in [5.74, 6) is -3.27. The SMILES string of the molecule is O=c1cc(-c2ccccc2)oc2c([N+](=O)[O-])c(O)c(O)c(O)c12. The molecule has 23 heavy (non-hydrogen) atoms. The molecule has 0 atom stereocenters. The van der Waals surface area contributed by atoms with Crippen molar-refractivity contribution >= 4 is 16.7 Å². The number of hydrogen-bond donors (Lipinski definition) is 3. The highest BCUT2D eigenvalue weighted by Crippen LogP contribution is 2.48. The summed E-state index contributed by atoms with van der Waals surface area (Å²) < 4.78 is 5.36. The normalized spacial score (nSPS) is 10.8. The summed E-state index contributed by atoms with van der Waals surface area (Å²) >= 11 is 0. The van der Waals surface area contributed by atoms with Gasteiger partial charge in [0.2, 0.25) is 17.1 Å². The molecule has 0 aliphatic rings. The molecule has 1 aromatic heterocycles. The third kappa shape index (κ3) is 2.13. The van der Waals surface area contributed by atoms with Crippen molar-refractivity contribution in [3.8, 4) is 28.6 Å². The molecular formula is C15H9NO7. The van der Waals surface area contributed by atoms with Crippen LogP contribution in [0.3, 0.4) is 0 Å². The zero-order valence-corrected chi connectivity index (χ0v) is 11.4. The lowest BCUT2D eigenvalue weighted by Gasteiger charge is -2.08. The molecule has 0 bridgehead atoms. The van der Waals surface area contributed by atoms with Crippen LogP contribution in [0.4, 0.5) is 5.69 Å². The summed E-state index contributed by atoms with van der Waals surface area (Å²) in [6.45, 7) is 0. The van der Waals surface area contributed by atoms with E-state index < -0.39 is 44.3 Å². The first-order valence-corrected chi connectivity index (χ1v) is 6.36. The highest BCUT2D eigenvalue weighted by Gasteiger charge is 2.30. The Bertz CT molecular complexity index is 992. The van der Waals surface area contributed by atoms with Gasteiger partial charge in [0.15, 0.2) is 11.2 Å². The molecule has 8 nitrogen and oxygen atoms in total. The maximum Gasteiger partial charge on any atom is 0.357 e. The molecule has 0 aliphatic heterocycles. The van der Waals surface area contributed by atoms with Gasteiger partial charge in [-0.1, -0.05) is 30.3 Å². The number of phenolic OH excluding ortho intramolecular Hbond substituents is 3. The van der Waals surface area contributed by atoms with E-state index in [9.17, 15) is 30.2 Å². The van der Waals surface area contributed by atoms with Gasteiger partial charge in [0.1, 0.15) is 11.1 Å². The van der Waals surface area contributed by atoms with Gasteiger partial charge in [0, 0.05) is 11.6 Å². The van der Waals surface area contributed by atoms with Gasteiger partial charge in [-0.2, -0.15) is 0 Å². The number of fused-ring (bicyclic) bond motifs is 1. The first-order chi connectivity index (χ1) is 10.9. The predicted octanol–water partition coefficient (Wildman–Crippen LogP) is 2.49. The highest BCUT2D eigenvalue weighted by atomic mass is 16.6. The Balaban J connectivity index is 2.49. The molecule has 0 aliphatic carbocycles. The predicted molar refractivity (Wildman–Crippen MR) is 79.6 cm³/mol. The van der Waals surface area contributed by atoms with Crippen molar-refractivity contribution in [1.82, 2.24) is 0 Å². The fourth-order valence-electron chi connectivity index (χ4n) is 2.25. The number of nitrogens with zero attached hydrogens (tertiary/aromatic N) is 1. The molecule has 3 rings (SSSR count). The smallest absolute Gasteiger partial charge is 0.357 e. The molecule has 2 aromatic carbocycles. The van der Waals surface area contributed by atoms with E-state index in [4.69, 9.17) is 4.42 Å². The molecule has 0 saturated carbocycles. The maximum atomic E-state index is 12.2. The lowest BCUT2D eigenvalue weighted by molar-refractivity contribution is -0.384. The highest BCUT2D eigenvalue weighted by molar-refractivity contribution is 5.97. The molecule has 0 unspecified atom stereocenters. The van der Waals surface area contributed by atoms with E-state index in [0.717, 1.165) is 6.07 Å². The van der Waals surface area contributed by atoms with E-state index in [1.165, 1.54) is 0 Å². The molecule has 3 N–H and O–H groups in total. The van der Waals surface area contributed by atoms with Crippen LogP contribution in [-0.4, -0.2) is 20.2 Å². The minimum absolute atomic E-state index is 0.0238. The second-order valence-electron chi connectivity index (χ2n) is 4.70. The van der Waals surface area contributed by atoms with Gasteiger partial charge >= 0.3 is 5.69 Å². The molecule has 3 aromatic rings. The van der Waals surface area contributed by atoms with Crippen molar-refractivity contribution in [2.75, 3.05) is 0 Å². The molecule has 116 valence electrons. The van der Waals surface area contributed by atoms with Gasteiger partial charge in [0.05, 0.1) is 4.92 Å². The van der Waals surface area contributed by atoms with Crippen LogP contribution >= 0.6 is 0 Å². The van der Waals surface area contributed by atoms with E-state index >= 15 is 0 Å². The van der Waals surface area contributed by atoms with E-state index in [1.807, 2.05) is 0 Å². The van der Waals surface area contributed by atoms with Gasteiger partial charge in [-0.3, -0.25) is 14.9 Å². The Kier molecular flexibility index (Phi) is 3.14. The van der Waals surface area contributed by atoms with E-state index in [1.54, 1.807) is 30.3 Å². The van der Waals surface area contributed by atoms with Crippen molar-refractivity contribution in [3.05, 3.63) is 56.7 Å². The molecular weight excluding hydrogens is 306 g/mol. The summed E-state index contributed by atoms with van der Waals surface area (Å²) in [5, 5.41) is 39.6. The molecule has 8 heteroatoms. The van der Waals surface area contributed by atoms with Crippen molar-refractivity contribution < 1.29 is 24.7 Å². The molecule has 0 saturated heterocycles. The summed E-state index contributed by atoms with van der Waals surface area (Å²) in [4.78, 5) is 22.3. The van der Waals surface area contributed by atoms with E-state index in [2.05, 4.69) is 0 Å². The van der Waals surface area contributed by atoms with Crippen molar-refractivity contribution in [2.45, 2.75) is 0 Å². The fraction of sp³-hybridized carbons (Fsp3) is 0. The van der Waals surface area contributed by atoms with Gasteiger partial charge in [-0.25, -0.2) is 0 Å². The minimum Gasteiger partial charge on any atom is -0.504 e. The van der Waals surface area contributed by atoms with Gasteiger partial charge in [0.25, 0.3) is 0 Å². The first kappa shape index (κ1) is 14.4. The zero-order chi connectivity index (χ0) is 16.7. The maximum absolute atomic E-state index is 12.2. The summed E-state index contributed by atoms with van der Waals surface area (Å²) in [6.07, 6.45) is 0. The van der Waals surface area contributed by atoms with Crippen LogP contribution in [0.25, 0.3) is 22.3 Å². The Hall–Kier alpha value is -3.55. The molecule has 0 spiro atoms. The largest absolute Gasteiger partial charge is 0.504 e. The van der Waals surface area contributed by atoms with Gasteiger partial charge in [-0.05, 0) is 0 Å². The molecule has 0 amide bonds. The van der Waals surface area contributed by atoms with E-state index in [-0.39, 0.29) is 5.76 Å². The fourth-order valence-corrected chi connectivity index (χ4v) is 2.25. The third-order valence-corrected chi connectivity index (χ3v) is 3.31. The van der Waals surface area contributed by atoms with Gasteiger partial charge < -0.3 is 19.7 Å². The molecule has 0 radical (unpaired) electrons. The number of nitro groups is 1. The summed E-state index contributed by atoms with van der Waals surface area (Å²) in [6, 6.07) is 9.38. The molecule has 0 fully saturated rings. The van der Waals surface area contributed by atoms with Crippen LogP contribution in [0.2, 0.25) is 0 Å². The average Bonchev–Trinajstić information content (AvgIpc) is 2.52. The van der Waals surface area contributed by atoms with Crippen LogP contribution in [0.15, 0.2) is 45.6 Å². The van der Waals surface area contributed by atoms with E-state index in [0.29, 0.717) is 5.56 Å². The number of rotatable bonds is 2. The first-order valence-electron chi connectivity index (χ1n) is 6.36. The Morgan fingerprint density at radius 3 is 2.26 bits per heavy atom. The third-order valence-electron chi connectivity index (χ3n) is 3.31. The second kappa shape index (κ2) is 5.02. The van der Waals surface area contributed by atoms with Crippen molar-refractivity contribution in [1.29, 1.82) is 0 Å². The monoisotopic (exact) mass is 315 g/mol. The topological polar surface area (TPSA) is 134 Å². The average molecular weight is 315 g/mol. The zero-order valence-electron chi connectivity index (χ0n) is 11.4. The van der Waals surface area contributed by atoms with Crippen LogP contribution in [0.5, 0.6) is 17.2 Å². The minimum atomic E-state index is -1.17. The lowest BCUT2D eigenvalue weighted by atomic mass is 10.1. The van der Waals surface area contributed by atoms with Crippen LogP contribution in [-0.2, 0) is 0 Å². The Labute approximate surface area is 127 Å². The number of nitro benzene ring substituents is 1. The van der Waals surface area contributed by atoms with Crippen LogP contribution in [0.1, 0.15) is 0 Å². The van der Waals surface area contributed by atoms with Crippen LogP contribution < -0.4 is 5.43 Å². The Morgan fingerprint density at radius 1 is 1.00 bits per heavy atom. The number of aromatic hydroxyl groups is 3. The number of hydrogen-bond acceptors (Lipinski definition) is 7. The molecule has 1 heterocycles. The lowest BCUT2D eigenvalue weighted by Crippen LogP contribution is -2.03. The standard InChI is InChI=1S/C15H9NO7/c17-8-6-9(7-4-2-1-3-5-7)23-15-10(8)12(18)14(20)13(19)11(15)16(21)22/h1-6,18-20H. The number of benzene rings is 2. The quantitative estimate of drug-likeness (QED) is 0.375. The van der Waals surface area contributed by atoms with Crippen molar-refractivity contribution in [2.24, 2.45) is 0 Å². The number of phenols is 3. The second-order valence-corrected chi connectivity index (χ2v) is 4.70. The van der Waals surface area contributed by atoms with Gasteiger partial charge in [-0.15, -0.1) is 0 Å². The summed E-state index contributed by atoms with van der Waals surface area (Å²) in [5.41, 5.74) is -1.92. The Morgan fingerprint density at radius 2 is 1.65 bits per heavy atom. The van der Waals surface area contributed by atoms with Crippen molar-refractivity contribution in [3.63, 3.8) is 0 Å². The van der Waals surface area contributed by atoms with Crippen LogP contribution in [0, 0.1) is 10.1 Å².